The highest BCUT2D eigenvalue weighted by molar-refractivity contribution is 6.09. The third-order valence-electron chi connectivity index (χ3n) is 6.35. The summed E-state index contributed by atoms with van der Waals surface area (Å²) in [6.45, 7) is 6.18. The van der Waals surface area contributed by atoms with Crippen LogP contribution >= 0.6 is 0 Å². The number of aliphatic imine (C=N–C) groups is 1. The molecule has 2 amide bonds. The molecule has 8 nitrogen and oxygen atoms in total. The number of rotatable bonds is 3. The normalized spacial score (nSPS) is 22.3. The summed E-state index contributed by atoms with van der Waals surface area (Å²) in [5, 5.41) is 0. The summed E-state index contributed by atoms with van der Waals surface area (Å²) in [7, 11) is 0. The molecular weight excluding hydrogens is 416 g/mol. The summed E-state index contributed by atoms with van der Waals surface area (Å²) >= 11 is 0. The van der Waals surface area contributed by atoms with Gasteiger partial charge in [0.25, 0.3) is 5.91 Å². The number of nitrogens with zero attached hydrogens (tertiary/aromatic N) is 6. The Kier molecular flexibility index (Phi) is 5.28. The van der Waals surface area contributed by atoms with Gasteiger partial charge in [0.15, 0.2) is 0 Å². The molecule has 1 aromatic carbocycles. The second kappa shape index (κ2) is 8.27. The van der Waals surface area contributed by atoms with Crippen molar-refractivity contribution in [3.05, 3.63) is 66.7 Å². The van der Waals surface area contributed by atoms with Crippen LogP contribution < -0.4 is 4.90 Å². The highest BCUT2D eigenvalue weighted by Crippen LogP contribution is 2.31. The van der Waals surface area contributed by atoms with E-state index in [0.717, 1.165) is 22.9 Å². The Balaban J connectivity index is 1.32. The van der Waals surface area contributed by atoms with Crippen LogP contribution in [0.15, 0.2) is 65.8 Å². The molecular formula is C25H26N6O2. The fraction of sp³-hybridized carbons (Fsp3) is 0.320. The van der Waals surface area contributed by atoms with Gasteiger partial charge in [-0.15, -0.1) is 0 Å². The molecule has 2 aromatic rings. The third-order valence-corrected chi connectivity index (χ3v) is 6.35. The number of hydrogen-bond acceptors (Lipinski definition) is 6. The molecule has 0 radical (unpaired) electrons. The summed E-state index contributed by atoms with van der Waals surface area (Å²) in [5.74, 6) is 1.79. The number of fused-ring (bicyclic) bond motifs is 1. The lowest BCUT2D eigenvalue weighted by Gasteiger charge is -2.46. The molecule has 0 bridgehead atoms. The Labute approximate surface area is 193 Å². The first-order chi connectivity index (χ1) is 15.9. The molecule has 4 heterocycles. The van der Waals surface area contributed by atoms with Gasteiger partial charge < -0.3 is 14.7 Å². The second-order valence-electron chi connectivity index (χ2n) is 8.69. The van der Waals surface area contributed by atoms with Crippen molar-refractivity contribution in [3.8, 4) is 11.3 Å². The van der Waals surface area contributed by atoms with Crippen molar-refractivity contribution < 1.29 is 9.59 Å². The van der Waals surface area contributed by atoms with Crippen molar-refractivity contribution in [2.24, 2.45) is 4.99 Å². The Morgan fingerprint density at radius 2 is 1.79 bits per heavy atom. The molecule has 3 aliphatic heterocycles. The number of allylic oxidation sites excluding steroid dienone is 2. The fourth-order valence-electron chi connectivity index (χ4n) is 4.62. The molecule has 33 heavy (non-hydrogen) atoms. The molecule has 1 atom stereocenters. The zero-order chi connectivity index (χ0) is 23.0. The van der Waals surface area contributed by atoms with Gasteiger partial charge in [0.1, 0.15) is 23.0 Å². The topological polar surface area (TPSA) is 82.0 Å². The number of carbonyl (C=O) groups is 2. The van der Waals surface area contributed by atoms with E-state index < -0.39 is 5.54 Å². The van der Waals surface area contributed by atoms with Gasteiger partial charge in [0.05, 0.1) is 12.1 Å². The summed E-state index contributed by atoms with van der Waals surface area (Å²) in [6.07, 6.45) is 7.35. The van der Waals surface area contributed by atoms with E-state index in [9.17, 15) is 9.59 Å². The van der Waals surface area contributed by atoms with E-state index in [1.165, 1.54) is 0 Å². The first-order valence-corrected chi connectivity index (χ1v) is 11.2. The Morgan fingerprint density at radius 3 is 2.55 bits per heavy atom. The largest absolute Gasteiger partial charge is 0.353 e. The quantitative estimate of drug-likeness (QED) is 0.727. The van der Waals surface area contributed by atoms with Crippen LogP contribution in [0.3, 0.4) is 0 Å². The molecule has 0 saturated carbocycles. The van der Waals surface area contributed by atoms with Gasteiger partial charge in [0.2, 0.25) is 5.91 Å². The number of amidine groups is 1. The minimum absolute atomic E-state index is 0.0494. The number of anilines is 1. The third kappa shape index (κ3) is 3.92. The van der Waals surface area contributed by atoms with Gasteiger partial charge in [-0.25, -0.2) is 9.97 Å². The van der Waals surface area contributed by atoms with Crippen LogP contribution in [0.5, 0.6) is 0 Å². The average Bonchev–Trinajstić information content (AvgIpc) is 2.84. The second-order valence-corrected chi connectivity index (χ2v) is 8.69. The van der Waals surface area contributed by atoms with Gasteiger partial charge in [0, 0.05) is 44.0 Å². The predicted octanol–water partition coefficient (Wildman–Crippen LogP) is 2.57. The molecule has 1 fully saturated rings. The lowest BCUT2D eigenvalue weighted by Crippen LogP contribution is -2.63. The molecule has 8 heteroatoms. The average molecular weight is 443 g/mol. The zero-order valence-electron chi connectivity index (χ0n) is 18.8. The number of hydrogen-bond donors (Lipinski definition) is 0. The molecule has 5 rings (SSSR count). The van der Waals surface area contributed by atoms with E-state index in [1.807, 2.05) is 78.4 Å². The number of amides is 2. The number of aryl methyl sites for hydroxylation is 1. The minimum atomic E-state index is -0.969. The molecule has 3 aliphatic rings. The van der Waals surface area contributed by atoms with Crippen LogP contribution in [0, 0.1) is 6.92 Å². The lowest BCUT2D eigenvalue weighted by atomic mass is 9.90. The van der Waals surface area contributed by atoms with E-state index in [4.69, 9.17) is 0 Å². The minimum Gasteiger partial charge on any atom is -0.353 e. The number of aromatic nitrogens is 2. The summed E-state index contributed by atoms with van der Waals surface area (Å²) in [5.41, 5.74) is 0.972. The van der Waals surface area contributed by atoms with Crippen LogP contribution in [0.4, 0.5) is 5.82 Å². The van der Waals surface area contributed by atoms with Gasteiger partial charge in [-0.2, -0.15) is 4.99 Å². The Bertz CT molecular complexity index is 1180. The molecule has 0 N–H and O–H groups in total. The van der Waals surface area contributed by atoms with E-state index in [2.05, 4.69) is 19.9 Å². The smallest absolute Gasteiger partial charge is 0.250 e. The van der Waals surface area contributed by atoms with Gasteiger partial charge in [-0.1, -0.05) is 36.4 Å². The molecule has 0 spiro atoms. The Hall–Kier alpha value is -3.81. The van der Waals surface area contributed by atoms with E-state index in [-0.39, 0.29) is 18.2 Å². The summed E-state index contributed by atoms with van der Waals surface area (Å²) in [6, 6.07) is 12.1. The van der Waals surface area contributed by atoms with E-state index >= 15 is 0 Å². The summed E-state index contributed by atoms with van der Waals surface area (Å²) in [4.78, 5) is 45.1. The van der Waals surface area contributed by atoms with Crippen molar-refractivity contribution in [2.45, 2.75) is 25.8 Å². The van der Waals surface area contributed by atoms with Crippen LogP contribution in [0.2, 0.25) is 0 Å². The molecule has 1 saturated heterocycles. The maximum atomic E-state index is 13.6. The van der Waals surface area contributed by atoms with Gasteiger partial charge in [-0.3, -0.25) is 9.59 Å². The highest BCUT2D eigenvalue weighted by Gasteiger charge is 2.47. The zero-order valence-corrected chi connectivity index (χ0v) is 18.8. The standard InChI is InChI=1S/C25H26N6O2/c1-18-26-20(19-8-4-3-5-9-19)16-22(27-18)29-12-14-30(15-13-29)24(33)25(2)17-23(32)28-21-10-6-7-11-31(21)25/h3-11,16H,12-15,17H2,1-2H3. The van der Waals surface area contributed by atoms with E-state index in [0.29, 0.717) is 32.0 Å². The van der Waals surface area contributed by atoms with Crippen molar-refractivity contribution in [2.75, 3.05) is 31.1 Å². The van der Waals surface area contributed by atoms with Crippen LogP contribution in [0.1, 0.15) is 19.2 Å². The van der Waals surface area contributed by atoms with Gasteiger partial charge in [-0.05, 0) is 26.0 Å². The number of carbonyl (C=O) groups excluding carboxylic acids is 2. The molecule has 168 valence electrons. The van der Waals surface area contributed by atoms with E-state index in [1.54, 1.807) is 6.08 Å². The number of piperazine rings is 1. The monoisotopic (exact) mass is 442 g/mol. The molecule has 0 aliphatic carbocycles. The fourth-order valence-corrected chi connectivity index (χ4v) is 4.62. The highest BCUT2D eigenvalue weighted by atomic mass is 16.2. The lowest BCUT2D eigenvalue weighted by molar-refractivity contribution is -0.144. The Morgan fingerprint density at radius 1 is 1.03 bits per heavy atom. The molecule has 1 unspecified atom stereocenters. The van der Waals surface area contributed by atoms with Crippen LogP contribution in [0.25, 0.3) is 11.3 Å². The molecule has 1 aromatic heterocycles. The first-order valence-electron chi connectivity index (χ1n) is 11.2. The number of benzene rings is 1. The van der Waals surface area contributed by atoms with Crippen molar-refractivity contribution >= 4 is 23.5 Å². The maximum absolute atomic E-state index is 13.6. The van der Waals surface area contributed by atoms with Crippen molar-refractivity contribution in [3.63, 3.8) is 0 Å². The summed E-state index contributed by atoms with van der Waals surface area (Å²) < 4.78 is 0. The predicted molar refractivity (Wildman–Crippen MR) is 127 cm³/mol. The first kappa shape index (κ1) is 21.1. The van der Waals surface area contributed by atoms with Crippen LogP contribution in [-0.4, -0.2) is 69.1 Å². The van der Waals surface area contributed by atoms with Crippen LogP contribution in [-0.2, 0) is 9.59 Å². The SMILES string of the molecule is Cc1nc(-c2ccccc2)cc(N2CCN(C(=O)C3(C)CC(=O)N=C4C=CC=CN43)CC2)n1. The van der Waals surface area contributed by atoms with Crippen molar-refractivity contribution in [1.29, 1.82) is 0 Å². The van der Waals surface area contributed by atoms with Crippen molar-refractivity contribution in [1.82, 2.24) is 19.8 Å². The van der Waals surface area contributed by atoms with Gasteiger partial charge >= 0.3 is 0 Å². The maximum Gasteiger partial charge on any atom is 0.250 e.